The van der Waals surface area contributed by atoms with E-state index in [0.717, 1.165) is 43.6 Å². The van der Waals surface area contributed by atoms with Gasteiger partial charge >= 0.3 is 0 Å². The van der Waals surface area contributed by atoms with E-state index >= 15 is 0 Å². The summed E-state index contributed by atoms with van der Waals surface area (Å²) in [4.78, 5) is 4.84. The minimum Gasteiger partial charge on any atom is -0.454 e. The monoisotopic (exact) mass is 499 g/mol. The second-order valence-electron chi connectivity index (χ2n) is 8.15. The van der Waals surface area contributed by atoms with Crippen LogP contribution in [0.1, 0.15) is 38.2 Å². The van der Waals surface area contributed by atoms with Crippen LogP contribution >= 0.6 is 24.0 Å². The van der Waals surface area contributed by atoms with Gasteiger partial charge in [0.25, 0.3) is 0 Å². The first-order chi connectivity index (χ1) is 13.3. The zero-order chi connectivity index (χ0) is 18.3. The van der Waals surface area contributed by atoms with Crippen molar-refractivity contribution in [1.29, 1.82) is 0 Å². The Bertz CT molecular complexity index is 738. The lowest BCUT2D eigenvalue weighted by Gasteiger charge is -2.63. The van der Waals surface area contributed by atoms with Crippen LogP contribution in [-0.4, -0.2) is 44.6 Å². The number of rotatable bonds is 5. The Labute approximate surface area is 183 Å². The fraction of sp³-hybridized carbons (Fsp3) is 0.667. The van der Waals surface area contributed by atoms with Gasteiger partial charge in [0.1, 0.15) is 0 Å². The number of ether oxygens (including phenoxy) is 3. The Hall–Kier alpha value is -1.22. The molecule has 1 aromatic carbocycles. The Morgan fingerprint density at radius 3 is 2.89 bits per heavy atom. The van der Waals surface area contributed by atoms with E-state index in [1.807, 2.05) is 6.07 Å². The number of hydrogen-bond acceptors (Lipinski definition) is 4. The highest BCUT2D eigenvalue weighted by Gasteiger charge is 2.66. The second-order valence-corrected chi connectivity index (χ2v) is 8.15. The lowest BCUT2D eigenvalue weighted by molar-refractivity contribution is -0.171. The molecule has 1 aromatic rings. The molecule has 0 aromatic heterocycles. The second kappa shape index (κ2) is 8.26. The molecular formula is C21H30IN3O3. The number of guanidine groups is 1. The third-order valence-corrected chi connectivity index (χ3v) is 6.78. The number of hydrogen-bond donors (Lipinski definition) is 2. The van der Waals surface area contributed by atoms with Crippen LogP contribution in [0.3, 0.4) is 0 Å². The summed E-state index contributed by atoms with van der Waals surface area (Å²) >= 11 is 0. The van der Waals surface area contributed by atoms with Crippen molar-refractivity contribution in [3.63, 3.8) is 0 Å². The number of fused-ring (bicyclic) bond motifs is 3. The molecule has 28 heavy (non-hydrogen) atoms. The summed E-state index contributed by atoms with van der Waals surface area (Å²) in [6.07, 6.45) is 6.48. The Balaban J connectivity index is 0.00000192. The minimum atomic E-state index is 0. The van der Waals surface area contributed by atoms with Gasteiger partial charge in [0.2, 0.25) is 6.79 Å². The zero-order valence-corrected chi connectivity index (χ0v) is 18.7. The third kappa shape index (κ3) is 3.34. The van der Waals surface area contributed by atoms with Crippen LogP contribution in [0.25, 0.3) is 0 Å². The molecule has 1 saturated heterocycles. The maximum absolute atomic E-state index is 6.03. The molecule has 2 N–H and O–H groups in total. The number of halogens is 1. The van der Waals surface area contributed by atoms with Crippen molar-refractivity contribution >= 4 is 29.9 Å². The molecule has 2 saturated carbocycles. The van der Waals surface area contributed by atoms with Gasteiger partial charge in [0, 0.05) is 37.1 Å². The number of aliphatic imine (C=N–C) groups is 1. The lowest BCUT2D eigenvalue weighted by Crippen LogP contribution is -2.72. The van der Waals surface area contributed by atoms with Gasteiger partial charge < -0.3 is 24.8 Å². The molecular weight excluding hydrogens is 469 g/mol. The highest BCUT2D eigenvalue weighted by molar-refractivity contribution is 14.0. The summed E-state index contributed by atoms with van der Waals surface area (Å²) in [5.41, 5.74) is 1.59. The van der Waals surface area contributed by atoms with Crippen LogP contribution < -0.4 is 20.1 Å². The highest BCUT2D eigenvalue weighted by Crippen LogP contribution is 2.62. The van der Waals surface area contributed by atoms with E-state index in [2.05, 4.69) is 29.7 Å². The highest BCUT2D eigenvalue weighted by atomic mass is 127. The van der Waals surface area contributed by atoms with Crippen molar-refractivity contribution in [1.82, 2.24) is 10.6 Å². The molecule has 0 bridgehead atoms. The predicted molar refractivity (Wildman–Crippen MR) is 119 cm³/mol. The maximum atomic E-state index is 6.03. The molecule has 3 unspecified atom stereocenters. The molecule has 6 nitrogen and oxygen atoms in total. The molecule has 154 valence electrons. The SMILES string of the molecule is CCNC(=NCCc1ccc2c(c1)OCO2)NC1C2CCOC2C12CCC2.I. The molecule has 0 amide bonds. The molecule has 4 aliphatic rings. The van der Waals surface area contributed by atoms with Gasteiger partial charge in [0.15, 0.2) is 17.5 Å². The maximum Gasteiger partial charge on any atom is 0.231 e. The van der Waals surface area contributed by atoms with E-state index in [1.165, 1.54) is 31.2 Å². The fourth-order valence-electron chi connectivity index (χ4n) is 5.32. The van der Waals surface area contributed by atoms with Crippen molar-refractivity contribution in [2.75, 3.05) is 26.5 Å². The van der Waals surface area contributed by atoms with Crippen molar-refractivity contribution in [2.24, 2.45) is 16.3 Å². The van der Waals surface area contributed by atoms with Crippen LogP contribution in [0.4, 0.5) is 0 Å². The largest absolute Gasteiger partial charge is 0.454 e. The summed E-state index contributed by atoms with van der Waals surface area (Å²) in [5, 5.41) is 7.19. The van der Waals surface area contributed by atoms with Gasteiger partial charge in [-0.2, -0.15) is 0 Å². The molecule has 0 radical (unpaired) electrons. The minimum absolute atomic E-state index is 0. The fourth-order valence-corrected chi connectivity index (χ4v) is 5.32. The summed E-state index contributed by atoms with van der Waals surface area (Å²) in [5.74, 6) is 3.28. The van der Waals surface area contributed by atoms with E-state index in [-0.39, 0.29) is 24.0 Å². The van der Waals surface area contributed by atoms with Crippen LogP contribution in [0, 0.1) is 11.3 Å². The first-order valence-corrected chi connectivity index (χ1v) is 10.4. The summed E-state index contributed by atoms with van der Waals surface area (Å²) < 4.78 is 16.9. The van der Waals surface area contributed by atoms with Gasteiger partial charge in [-0.25, -0.2) is 0 Å². The molecule has 2 aliphatic heterocycles. The standard InChI is InChI=1S/C21H29N3O3.HI/c1-2-22-20(23-10-6-14-4-5-16-17(12-14)27-13-26-16)24-18-15-7-11-25-19(15)21(18)8-3-9-21;/h4-5,12,15,18-19H,2-3,6-11,13H2,1H3,(H2,22,23,24);1H. The van der Waals surface area contributed by atoms with Crippen LogP contribution in [0.5, 0.6) is 11.5 Å². The number of benzene rings is 1. The Kier molecular flexibility index (Phi) is 5.92. The van der Waals surface area contributed by atoms with Crippen LogP contribution in [-0.2, 0) is 11.2 Å². The van der Waals surface area contributed by atoms with E-state index in [4.69, 9.17) is 19.2 Å². The molecule has 3 atom stereocenters. The van der Waals surface area contributed by atoms with Crippen molar-refractivity contribution in [3.8, 4) is 11.5 Å². The molecule has 7 heteroatoms. The summed E-state index contributed by atoms with van der Waals surface area (Å²) in [6, 6.07) is 6.66. The van der Waals surface area contributed by atoms with E-state index in [9.17, 15) is 0 Å². The molecule has 1 spiro atoms. The van der Waals surface area contributed by atoms with Crippen molar-refractivity contribution < 1.29 is 14.2 Å². The van der Waals surface area contributed by atoms with Gasteiger partial charge in [-0.3, -0.25) is 4.99 Å². The molecule has 2 heterocycles. The van der Waals surface area contributed by atoms with Crippen molar-refractivity contribution in [3.05, 3.63) is 23.8 Å². The lowest BCUT2D eigenvalue weighted by atomic mass is 9.46. The van der Waals surface area contributed by atoms with Crippen LogP contribution in [0.2, 0.25) is 0 Å². The van der Waals surface area contributed by atoms with E-state index < -0.39 is 0 Å². The first-order valence-electron chi connectivity index (χ1n) is 10.4. The molecule has 5 rings (SSSR count). The number of nitrogens with zero attached hydrogens (tertiary/aromatic N) is 1. The average molecular weight is 499 g/mol. The van der Waals surface area contributed by atoms with Crippen LogP contribution in [0.15, 0.2) is 23.2 Å². The smallest absolute Gasteiger partial charge is 0.231 e. The van der Waals surface area contributed by atoms with E-state index in [0.29, 0.717) is 30.3 Å². The topological polar surface area (TPSA) is 64.1 Å². The van der Waals surface area contributed by atoms with E-state index in [1.54, 1.807) is 0 Å². The van der Waals surface area contributed by atoms with Gasteiger partial charge in [-0.05, 0) is 50.3 Å². The number of nitrogens with one attached hydrogen (secondary N) is 2. The zero-order valence-electron chi connectivity index (χ0n) is 16.4. The van der Waals surface area contributed by atoms with Gasteiger partial charge in [-0.1, -0.05) is 12.5 Å². The van der Waals surface area contributed by atoms with Gasteiger partial charge in [-0.15, -0.1) is 24.0 Å². The first kappa shape index (κ1) is 20.1. The average Bonchev–Trinajstić information content (AvgIpc) is 3.25. The Morgan fingerprint density at radius 2 is 2.11 bits per heavy atom. The predicted octanol–water partition coefficient (Wildman–Crippen LogP) is 3.09. The quantitative estimate of drug-likeness (QED) is 0.371. The third-order valence-electron chi connectivity index (χ3n) is 6.78. The summed E-state index contributed by atoms with van der Waals surface area (Å²) in [7, 11) is 0. The summed E-state index contributed by atoms with van der Waals surface area (Å²) in [6.45, 7) is 4.99. The van der Waals surface area contributed by atoms with Gasteiger partial charge in [0.05, 0.1) is 6.10 Å². The van der Waals surface area contributed by atoms with Crippen molar-refractivity contribution in [2.45, 2.75) is 51.2 Å². The normalized spacial score (nSPS) is 28.8. The molecule has 3 fully saturated rings. The molecule has 2 aliphatic carbocycles. The Morgan fingerprint density at radius 1 is 1.25 bits per heavy atom.